The number of methoxy groups -OCH3 is 1. The lowest BCUT2D eigenvalue weighted by molar-refractivity contribution is -0.121. The summed E-state index contributed by atoms with van der Waals surface area (Å²) >= 11 is 11.2. The smallest absolute Gasteiger partial charge is 0.250 e. The van der Waals surface area contributed by atoms with E-state index >= 15 is 0 Å². The third kappa shape index (κ3) is 4.78. The highest BCUT2D eigenvalue weighted by Crippen LogP contribution is 2.27. The number of nitrogens with one attached hydrogen (secondary N) is 1. The van der Waals surface area contributed by atoms with Crippen LogP contribution in [0.1, 0.15) is 0 Å². The third-order valence-corrected chi connectivity index (χ3v) is 2.48. The Labute approximate surface area is 114 Å². The first-order valence-electron chi connectivity index (χ1n) is 5.05. The fourth-order valence-electron chi connectivity index (χ4n) is 1.13. The van der Waals surface area contributed by atoms with E-state index in [1.54, 1.807) is 0 Å². The van der Waals surface area contributed by atoms with Crippen LogP contribution in [0.5, 0.6) is 0 Å². The maximum absolute atomic E-state index is 13.1. The van der Waals surface area contributed by atoms with Crippen molar-refractivity contribution < 1.29 is 18.7 Å². The van der Waals surface area contributed by atoms with Crippen molar-refractivity contribution >= 4 is 34.8 Å². The van der Waals surface area contributed by atoms with Gasteiger partial charge in [-0.05, 0) is 12.1 Å². The van der Waals surface area contributed by atoms with Crippen LogP contribution in [-0.2, 0) is 14.3 Å². The minimum absolute atomic E-state index is 0.129. The van der Waals surface area contributed by atoms with E-state index in [9.17, 15) is 9.18 Å². The lowest BCUT2D eigenvalue weighted by Crippen LogP contribution is -2.19. The molecule has 0 spiro atoms. The van der Waals surface area contributed by atoms with Crippen molar-refractivity contribution in [3.63, 3.8) is 0 Å². The maximum Gasteiger partial charge on any atom is 0.250 e. The molecule has 0 heterocycles. The zero-order chi connectivity index (χ0) is 13.5. The average molecular weight is 296 g/mol. The van der Waals surface area contributed by atoms with Crippen LogP contribution >= 0.6 is 23.2 Å². The SMILES string of the molecule is COCCOCC(=O)Nc1cc(Cl)c(F)c(Cl)c1. The number of halogens is 3. The van der Waals surface area contributed by atoms with Gasteiger partial charge in [0.25, 0.3) is 0 Å². The van der Waals surface area contributed by atoms with Crippen LogP contribution in [0.2, 0.25) is 10.0 Å². The number of amides is 1. The highest BCUT2D eigenvalue weighted by atomic mass is 35.5. The van der Waals surface area contributed by atoms with E-state index in [-0.39, 0.29) is 22.6 Å². The molecule has 0 aliphatic rings. The minimum Gasteiger partial charge on any atom is -0.382 e. The Hall–Kier alpha value is -0.880. The minimum atomic E-state index is -0.715. The Balaban J connectivity index is 2.49. The fourth-order valence-corrected chi connectivity index (χ4v) is 1.62. The summed E-state index contributed by atoms with van der Waals surface area (Å²) in [6.07, 6.45) is 0. The zero-order valence-electron chi connectivity index (χ0n) is 9.63. The number of rotatable bonds is 6. The summed E-state index contributed by atoms with van der Waals surface area (Å²) in [5.74, 6) is -1.10. The monoisotopic (exact) mass is 295 g/mol. The molecule has 1 N–H and O–H groups in total. The van der Waals surface area contributed by atoms with Crippen molar-refractivity contribution in [2.75, 3.05) is 32.2 Å². The molecule has 0 unspecified atom stereocenters. The lowest BCUT2D eigenvalue weighted by atomic mass is 10.3. The number of carbonyl (C=O) groups is 1. The molecule has 0 radical (unpaired) electrons. The number of hydrogen-bond acceptors (Lipinski definition) is 3. The first-order valence-corrected chi connectivity index (χ1v) is 5.81. The van der Waals surface area contributed by atoms with E-state index in [0.29, 0.717) is 18.9 Å². The Bertz CT molecular complexity index is 406. The van der Waals surface area contributed by atoms with Gasteiger partial charge in [-0.3, -0.25) is 4.79 Å². The summed E-state index contributed by atoms with van der Waals surface area (Å²) < 4.78 is 22.9. The van der Waals surface area contributed by atoms with Crippen LogP contribution in [0.15, 0.2) is 12.1 Å². The van der Waals surface area contributed by atoms with E-state index in [0.717, 1.165) is 0 Å². The number of carbonyl (C=O) groups excluding carboxylic acids is 1. The van der Waals surface area contributed by atoms with Gasteiger partial charge in [0, 0.05) is 12.8 Å². The molecule has 18 heavy (non-hydrogen) atoms. The largest absolute Gasteiger partial charge is 0.382 e. The van der Waals surface area contributed by atoms with Crippen LogP contribution in [-0.4, -0.2) is 32.8 Å². The first kappa shape index (κ1) is 15.2. The molecule has 0 atom stereocenters. The van der Waals surface area contributed by atoms with E-state index in [1.165, 1.54) is 19.2 Å². The van der Waals surface area contributed by atoms with E-state index in [2.05, 4.69) is 5.32 Å². The molecule has 1 aromatic rings. The van der Waals surface area contributed by atoms with Crippen molar-refractivity contribution in [2.24, 2.45) is 0 Å². The molecule has 0 aliphatic carbocycles. The lowest BCUT2D eigenvalue weighted by Gasteiger charge is -2.07. The molecule has 4 nitrogen and oxygen atoms in total. The van der Waals surface area contributed by atoms with Gasteiger partial charge in [0.2, 0.25) is 5.91 Å². The standard InChI is InChI=1S/C11H12Cl2FNO3/c1-17-2-3-18-6-10(16)15-7-4-8(12)11(14)9(13)5-7/h4-5H,2-3,6H2,1H3,(H,15,16). The predicted octanol–water partition coefficient (Wildman–Crippen LogP) is 2.73. The van der Waals surface area contributed by atoms with Gasteiger partial charge in [-0.25, -0.2) is 4.39 Å². The summed E-state index contributed by atoms with van der Waals surface area (Å²) in [5, 5.41) is 2.18. The normalized spacial score (nSPS) is 10.4. The molecule has 1 rings (SSSR count). The van der Waals surface area contributed by atoms with Gasteiger partial charge < -0.3 is 14.8 Å². The predicted molar refractivity (Wildman–Crippen MR) is 67.7 cm³/mol. The third-order valence-electron chi connectivity index (χ3n) is 1.93. The molecule has 0 saturated carbocycles. The Morgan fingerprint density at radius 3 is 2.50 bits per heavy atom. The molecule has 1 aromatic carbocycles. The second-order valence-corrected chi connectivity index (χ2v) is 4.16. The average Bonchev–Trinajstić information content (AvgIpc) is 2.31. The van der Waals surface area contributed by atoms with E-state index < -0.39 is 5.82 Å². The Morgan fingerprint density at radius 2 is 1.94 bits per heavy atom. The highest BCUT2D eigenvalue weighted by molar-refractivity contribution is 6.35. The first-order chi connectivity index (χ1) is 8.54. The summed E-state index contributed by atoms with van der Waals surface area (Å²) in [6.45, 7) is 0.590. The number of benzene rings is 1. The Kier molecular flexibility index (Phi) is 6.35. The van der Waals surface area contributed by atoms with Crippen LogP contribution in [0.25, 0.3) is 0 Å². The maximum atomic E-state index is 13.1. The number of hydrogen-bond donors (Lipinski definition) is 1. The summed E-state index contributed by atoms with van der Waals surface area (Å²) in [6, 6.07) is 2.55. The molecule has 1 amide bonds. The van der Waals surface area contributed by atoms with Crippen molar-refractivity contribution in [2.45, 2.75) is 0 Å². The Morgan fingerprint density at radius 1 is 1.33 bits per heavy atom. The van der Waals surface area contributed by atoms with Gasteiger partial charge in [0.1, 0.15) is 6.61 Å². The summed E-state index contributed by atoms with van der Waals surface area (Å²) in [5.41, 5.74) is 0.312. The van der Waals surface area contributed by atoms with Crippen molar-refractivity contribution in [1.29, 1.82) is 0 Å². The van der Waals surface area contributed by atoms with Crippen LogP contribution in [0.4, 0.5) is 10.1 Å². The molecule has 0 aliphatic heterocycles. The molecule has 0 saturated heterocycles. The van der Waals surface area contributed by atoms with Crippen molar-refractivity contribution in [1.82, 2.24) is 0 Å². The quantitative estimate of drug-likeness (QED) is 0.648. The second kappa shape index (κ2) is 7.53. The molecular weight excluding hydrogens is 284 g/mol. The fraction of sp³-hybridized carbons (Fsp3) is 0.364. The van der Waals surface area contributed by atoms with Gasteiger partial charge in [0.15, 0.2) is 5.82 Å². The number of anilines is 1. The van der Waals surface area contributed by atoms with Crippen LogP contribution in [0, 0.1) is 5.82 Å². The van der Waals surface area contributed by atoms with Gasteiger partial charge >= 0.3 is 0 Å². The zero-order valence-corrected chi connectivity index (χ0v) is 11.1. The molecule has 7 heteroatoms. The van der Waals surface area contributed by atoms with Crippen LogP contribution < -0.4 is 5.32 Å². The van der Waals surface area contributed by atoms with Gasteiger partial charge in [0.05, 0.1) is 23.3 Å². The summed E-state index contributed by atoms with van der Waals surface area (Å²) in [4.78, 5) is 11.4. The molecular formula is C11H12Cl2FNO3. The number of ether oxygens (including phenoxy) is 2. The van der Waals surface area contributed by atoms with Gasteiger partial charge in [-0.15, -0.1) is 0 Å². The molecule has 0 bridgehead atoms. The van der Waals surface area contributed by atoms with E-state index in [1.807, 2.05) is 0 Å². The van der Waals surface area contributed by atoms with Gasteiger partial charge in [-0.2, -0.15) is 0 Å². The van der Waals surface area contributed by atoms with Crippen molar-refractivity contribution in [3.05, 3.63) is 28.0 Å². The highest BCUT2D eigenvalue weighted by Gasteiger charge is 2.09. The molecule has 100 valence electrons. The van der Waals surface area contributed by atoms with Crippen LogP contribution in [0.3, 0.4) is 0 Å². The summed E-state index contributed by atoms with van der Waals surface area (Å²) in [7, 11) is 1.53. The van der Waals surface area contributed by atoms with Crippen molar-refractivity contribution in [3.8, 4) is 0 Å². The molecule has 0 aromatic heterocycles. The molecule has 0 fully saturated rings. The van der Waals surface area contributed by atoms with E-state index in [4.69, 9.17) is 32.7 Å². The topological polar surface area (TPSA) is 47.6 Å². The van der Waals surface area contributed by atoms with Gasteiger partial charge in [-0.1, -0.05) is 23.2 Å². The second-order valence-electron chi connectivity index (χ2n) is 3.35.